The van der Waals surface area contributed by atoms with Crippen molar-refractivity contribution >= 4 is 11.8 Å². The van der Waals surface area contributed by atoms with E-state index < -0.39 is 0 Å². The van der Waals surface area contributed by atoms with Gasteiger partial charge in [-0.05, 0) is 61.4 Å². The molecule has 2 heterocycles. The van der Waals surface area contributed by atoms with Gasteiger partial charge in [0.15, 0.2) is 0 Å². The van der Waals surface area contributed by atoms with Crippen molar-refractivity contribution in [3.8, 4) is 28.7 Å². The first-order valence-electron chi connectivity index (χ1n) is 8.75. The summed E-state index contributed by atoms with van der Waals surface area (Å²) in [4.78, 5) is 4.52. The van der Waals surface area contributed by atoms with Gasteiger partial charge in [-0.2, -0.15) is 0 Å². The summed E-state index contributed by atoms with van der Waals surface area (Å²) in [5, 5.41) is 8.77. The van der Waals surface area contributed by atoms with Gasteiger partial charge in [0.2, 0.25) is 11.8 Å². The Morgan fingerprint density at radius 3 is 2.46 bits per heavy atom. The normalized spacial score (nSPS) is 11.0. The largest absolute Gasteiger partial charge is 0.497 e. The van der Waals surface area contributed by atoms with E-state index in [4.69, 9.17) is 13.6 Å². The molecule has 4 aromatic rings. The first kappa shape index (κ1) is 18.3. The molecule has 0 saturated heterocycles. The Bertz CT molecular complexity index is 1090. The Hall–Kier alpha value is -3.06. The van der Waals surface area contributed by atoms with Gasteiger partial charge in [-0.1, -0.05) is 17.8 Å². The van der Waals surface area contributed by atoms with Gasteiger partial charge in [-0.3, -0.25) is 0 Å². The number of oxazole rings is 1. The average molecular weight is 393 g/mol. The summed E-state index contributed by atoms with van der Waals surface area (Å²) in [7, 11) is 1.64. The van der Waals surface area contributed by atoms with E-state index in [1.54, 1.807) is 13.4 Å². The summed E-state index contributed by atoms with van der Waals surface area (Å²) in [6.07, 6.45) is 1.65. The highest BCUT2D eigenvalue weighted by molar-refractivity contribution is 7.98. The average Bonchev–Trinajstić information content (AvgIpc) is 3.38. The molecule has 0 saturated carbocycles. The number of benzene rings is 2. The van der Waals surface area contributed by atoms with E-state index in [0.717, 1.165) is 22.6 Å². The molecule has 0 fully saturated rings. The lowest BCUT2D eigenvalue weighted by Crippen LogP contribution is -1.84. The van der Waals surface area contributed by atoms with E-state index in [1.165, 1.54) is 22.9 Å². The third-order valence-corrected chi connectivity index (χ3v) is 5.24. The Morgan fingerprint density at radius 2 is 1.71 bits per heavy atom. The molecule has 2 aromatic heterocycles. The van der Waals surface area contributed by atoms with Crippen molar-refractivity contribution in [2.24, 2.45) is 0 Å². The number of ether oxygens (including phenoxy) is 1. The van der Waals surface area contributed by atoms with Crippen LogP contribution in [0.5, 0.6) is 5.75 Å². The molecule has 0 amide bonds. The predicted molar refractivity (Wildman–Crippen MR) is 107 cm³/mol. The number of hydrogen-bond acceptors (Lipinski definition) is 7. The fourth-order valence-corrected chi connectivity index (χ4v) is 3.27. The molecule has 0 aliphatic heterocycles. The van der Waals surface area contributed by atoms with E-state index >= 15 is 0 Å². The zero-order valence-electron chi connectivity index (χ0n) is 15.8. The van der Waals surface area contributed by atoms with Gasteiger partial charge in [-0.25, -0.2) is 4.98 Å². The molecule has 0 atom stereocenters. The van der Waals surface area contributed by atoms with Gasteiger partial charge in [0.1, 0.15) is 12.0 Å². The third-order valence-electron chi connectivity index (χ3n) is 4.39. The summed E-state index contributed by atoms with van der Waals surface area (Å²) in [6, 6.07) is 13.7. The Morgan fingerprint density at radius 1 is 0.929 bits per heavy atom. The second kappa shape index (κ2) is 7.90. The van der Waals surface area contributed by atoms with E-state index in [-0.39, 0.29) is 0 Å². The molecule has 2 aromatic carbocycles. The Labute approximate surface area is 167 Å². The van der Waals surface area contributed by atoms with Crippen molar-refractivity contribution in [2.75, 3.05) is 7.11 Å². The maximum Gasteiger partial charge on any atom is 0.277 e. The molecule has 4 rings (SSSR count). The minimum Gasteiger partial charge on any atom is -0.497 e. The van der Waals surface area contributed by atoms with Crippen molar-refractivity contribution in [3.63, 3.8) is 0 Å². The summed E-state index contributed by atoms with van der Waals surface area (Å²) >= 11 is 1.43. The highest BCUT2D eigenvalue weighted by Gasteiger charge is 2.12. The number of aromatic nitrogens is 3. The van der Waals surface area contributed by atoms with E-state index in [1.807, 2.05) is 30.3 Å². The lowest BCUT2D eigenvalue weighted by atomic mass is 10.1. The van der Waals surface area contributed by atoms with Crippen molar-refractivity contribution in [1.29, 1.82) is 0 Å². The molecule has 0 spiro atoms. The van der Waals surface area contributed by atoms with Crippen LogP contribution in [0.15, 0.2) is 62.8 Å². The Kier molecular flexibility index (Phi) is 5.16. The highest BCUT2D eigenvalue weighted by Crippen LogP contribution is 2.28. The van der Waals surface area contributed by atoms with Crippen LogP contribution in [-0.2, 0) is 5.75 Å². The minimum absolute atomic E-state index is 0.502. The lowest BCUT2D eigenvalue weighted by molar-refractivity contribution is 0.415. The molecule has 0 bridgehead atoms. The van der Waals surface area contributed by atoms with E-state index in [0.29, 0.717) is 22.8 Å². The quantitative estimate of drug-likeness (QED) is 0.411. The summed E-state index contributed by atoms with van der Waals surface area (Å²) in [5.41, 5.74) is 5.05. The maximum absolute atomic E-state index is 5.77. The van der Waals surface area contributed by atoms with Gasteiger partial charge in [0.05, 0.1) is 12.8 Å². The number of rotatable bonds is 6. The smallest absolute Gasteiger partial charge is 0.277 e. The van der Waals surface area contributed by atoms with Crippen LogP contribution in [-0.4, -0.2) is 22.3 Å². The van der Waals surface area contributed by atoms with Crippen LogP contribution in [0, 0.1) is 13.8 Å². The molecule has 0 N–H and O–H groups in total. The Balaban J connectivity index is 1.42. The summed E-state index contributed by atoms with van der Waals surface area (Å²) in [5.74, 6) is 2.46. The van der Waals surface area contributed by atoms with Crippen LogP contribution in [0.25, 0.3) is 22.9 Å². The van der Waals surface area contributed by atoms with Gasteiger partial charge in [-0.15, -0.1) is 10.2 Å². The highest BCUT2D eigenvalue weighted by atomic mass is 32.2. The lowest BCUT2D eigenvalue weighted by Gasteiger charge is -2.00. The monoisotopic (exact) mass is 393 g/mol. The van der Waals surface area contributed by atoms with Gasteiger partial charge in [0, 0.05) is 16.9 Å². The fourth-order valence-electron chi connectivity index (χ4n) is 2.63. The van der Waals surface area contributed by atoms with Gasteiger partial charge >= 0.3 is 0 Å². The van der Waals surface area contributed by atoms with Crippen LogP contribution >= 0.6 is 11.8 Å². The number of aryl methyl sites for hydroxylation is 2. The number of thioether (sulfide) groups is 1. The molecule has 28 heavy (non-hydrogen) atoms. The topological polar surface area (TPSA) is 74.2 Å². The maximum atomic E-state index is 5.77. The van der Waals surface area contributed by atoms with Crippen LogP contribution < -0.4 is 4.74 Å². The van der Waals surface area contributed by atoms with Crippen LogP contribution in [0.3, 0.4) is 0 Å². The van der Waals surface area contributed by atoms with Crippen LogP contribution in [0.4, 0.5) is 0 Å². The molecule has 7 heteroatoms. The molecular weight excluding hydrogens is 374 g/mol. The molecule has 0 unspecified atom stereocenters. The number of nitrogens with zero attached hydrogens (tertiary/aromatic N) is 3. The van der Waals surface area contributed by atoms with Crippen LogP contribution in [0.2, 0.25) is 0 Å². The zero-order valence-corrected chi connectivity index (χ0v) is 16.6. The fraction of sp³-hybridized carbons (Fsp3) is 0.190. The first-order chi connectivity index (χ1) is 13.6. The molecule has 0 radical (unpaired) electrons. The molecule has 142 valence electrons. The summed E-state index contributed by atoms with van der Waals surface area (Å²) < 4.78 is 16.5. The molecular formula is C21H19N3O3S. The predicted octanol–water partition coefficient (Wildman–Crippen LogP) is 5.31. The molecule has 0 aliphatic carbocycles. The minimum atomic E-state index is 0.502. The number of hydrogen-bond donors (Lipinski definition) is 0. The number of methoxy groups -OCH3 is 1. The van der Waals surface area contributed by atoms with Crippen molar-refractivity contribution in [2.45, 2.75) is 24.8 Å². The second-order valence-electron chi connectivity index (χ2n) is 6.33. The standard InChI is InChI=1S/C21H19N3O3S/c1-13-4-5-16(10-14(13)2)20-23-24-21(27-20)28-12-17-11-26-19(22-17)15-6-8-18(25-3)9-7-15/h4-11H,12H2,1-3H3. The molecule has 6 nitrogen and oxygen atoms in total. The van der Waals surface area contributed by atoms with Crippen molar-refractivity contribution in [1.82, 2.24) is 15.2 Å². The van der Waals surface area contributed by atoms with Crippen molar-refractivity contribution < 1.29 is 13.6 Å². The second-order valence-corrected chi connectivity index (χ2v) is 7.26. The summed E-state index contributed by atoms with van der Waals surface area (Å²) in [6.45, 7) is 4.14. The van der Waals surface area contributed by atoms with E-state index in [9.17, 15) is 0 Å². The van der Waals surface area contributed by atoms with Gasteiger partial charge < -0.3 is 13.6 Å². The zero-order chi connectivity index (χ0) is 19.5. The third kappa shape index (κ3) is 3.94. The first-order valence-corrected chi connectivity index (χ1v) is 9.73. The SMILES string of the molecule is COc1ccc(-c2nc(CSc3nnc(-c4ccc(C)c(C)c4)o3)co2)cc1. The van der Waals surface area contributed by atoms with E-state index in [2.05, 4.69) is 41.2 Å². The van der Waals surface area contributed by atoms with Crippen molar-refractivity contribution in [3.05, 3.63) is 65.5 Å². The molecule has 0 aliphatic rings. The van der Waals surface area contributed by atoms with Gasteiger partial charge in [0.25, 0.3) is 5.22 Å². The van der Waals surface area contributed by atoms with Crippen LogP contribution in [0.1, 0.15) is 16.8 Å².